The van der Waals surface area contributed by atoms with E-state index in [2.05, 4.69) is 5.32 Å². The topological polar surface area (TPSA) is 134 Å². The molecule has 1 saturated heterocycles. The molecule has 1 rings (SSSR count). The third-order valence-corrected chi connectivity index (χ3v) is 4.18. The van der Waals surface area contributed by atoms with E-state index in [4.69, 9.17) is 15.7 Å². The maximum atomic E-state index is 13.0. The molecule has 9 nitrogen and oxygen atoms in total. The molecular weight excluding hydrogens is 328 g/mol. The van der Waals surface area contributed by atoms with Crippen LogP contribution in [0.15, 0.2) is 0 Å². The molecule has 1 aliphatic heterocycles. The van der Waals surface area contributed by atoms with Gasteiger partial charge in [-0.05, 0) is 33.1 Å². The molecule has 5 N–H and O–H groups in total. The second-order valence-corrected chi connectivity index (χ2v) is 7.49. The van der Waals surface area contributed by atoms with Crippen molar-refractivity contribution in [2.45, 2.75) is 71.2 Å². The van der Waals surface area contributed by atoms with Crippen molar-refractivity contribution in [2.24, 2.45) is 11.7 Å². The first kappa shape index (κ1) is 21.2. The van der Waals surface area contributed by atoms with Crippen molar-refractivity contribution >= 4 is 17.9 Å². The number of nitrogens with one attached hydrogen (secondary N) is 2. The SMILES string of the molecule is CC[C@H](C)[C@H](NC(=O)OC(C)(C)C)C(=O)N1C[C@@H](N)C[C@H]1C(=O)NO. The Hall–Kier alpha value is -1.87. The first-order valence-corrected chi connectivity index (χ1v) is 8.49. The van der Waals surface area contributed by atoms with E-state index in [9.17, 15) is 14.4 Å². The van der Waals surface area contributed by atoms with Gasteiger partial charge in [-0.15, -0.1) is 0 Å². The Labute approximate surface area is 148 Å². The molecular formula is C16H30N4O5. The monoisotopic (exact) mass is 358 g/mol. The van der Waals surface area contributed by atoms with Gasteiger partial charge in [0.1, 0.15) is 17.7 Å². The van der Waals surface area contributed by atoms with E-state index in [-0.39, 0.29) is 24.9 Å². The predicted molar refractivity (Wildman–Crippen MR) is 90.6 cm³/mol. The number of nitrogens with two attached hydrogens (primary N) is 1. The molecule has 144 valence electrons. The number of nitrogens with zero attached hydrogens (tertiary/aromatic N) is 1. The van der Waals surface area contributed by atoms with Crippen molar-refractivity contribution in [3.05, 3.63) is 0 Å². The summed E-state index contributed by atoms with van der Waals surface area (Å²) in [7, 11) is 0. The highest BCUT2D eigenvalue weighted by molar-refractivity contribution is 5.91. The summed E-state index contributed by atoms with van der Waals surface area (Å²) in [6, 6.07) is -2.08. The number of hydroxylamine groups is 1. The number of hydrogen-bond donors (Lipinski definition) is 4. The maximum absolute atomic E-state index is 13.0. The standard InChI is InChI=1S/C16H30N4O5/c1-6-9(2)12(18-15(23)25-16(3,4)5)14(22)20-8-10(17)7-11(20)13(21)19-24/h9-12,24H,6-8,17H2,1-5H3,(H,18,23)(H,19,21)/t9-,10-,11-,12-/m0/s1. The molecule has 1 heterocycles. The predicted octanol–water partition coefficient (Wildman–Crippen LogP) is 0.359. The van der Waals surface area contributed by atoms with Crippen LogP contribution < -0.4 is 16.5 Å². The third-order valence-electron chi connectivity index (χ3n) is 4.18. The zero-order chi connectivity index (χ0) is 19.4. The van der Waals surface area contributed by atoms with Gasteiger partial charge in [0.05, 0.1) is 0 Å². The zero-order valence-electron chi connectivity index (χ0n) is 15.5. The first-order valence-electron chi connectivity index (χ1n) is 8.49. The van der Waals surface area contributed by atoms with Gasteiger partial charge >= 0.3 is 6.09 Å². The van der Waals surface area contributed by atoms with Crippen LogP contribution in [0.1, 0.15) is 47.5 Å². The molecule has 0 radical (unpaired) electrons. The Kier molecular flexibility index (Phi) is 7.18. The smallest absolute Gasteiger partial charge is 0.408 e. The molecule has 0 aliphatic carbocycles. The number of hydrogen-bond acceptors (Lipinski definition) is 6. The van der Waals surface area contributed by atoms with Crippen LogP contribution in [0.25, 0.3) is 0 Å². The largest absolute Gasteiger partial charge is 0.444 e. The molecule has 0 bridgehead atoms. The van der Waals surface area contributed by atoms with E-state index in [1.807, 2.05) is 13.8 Å². The van der Waals surface area contributed by atoms with Gasteiger partial charge in [-0.3, -0.25) is 14.8 Å². The highest BCUT2D eigenvalue weighted by atomic mass is 16.6. The second kappa shape index (κ2) is 8.48. The lowest BCUT2D eigenvalue weighted by Crippen LogP contribution is -2.56. The summed E-state index contributed by atoms with van der Waals surface area (Å²) < 4.78 is 5.23. The van der Waals surface area contributed by atoms with Crippen LogP contribution in [-0.4, -0.2) is 58.3 Å². The van der Waals surface area contributed by atoms with Gasteiger partial charge in [0, 0.05) is 12.6 Å². The van der Waals surface area contributed by atoms with Crippen LogP contribution in [0, 0.1) is 5.92 Å². The van der Waals surface area contributed by atoms with Gasteiger partial charge in [0.25, 0.3) is 5.91 Å². The summed E-state index contributed by atoms with van der Waals surface area (Å²) in [5.74, 6) is -1.28. The van der Waals surface area contributed by atoms with Crippen molar-refractivity contribution in [3.63, 3.8) is 0 Å². The van der Waals surface area contributed by atoms with E-state index in [0.29, 0.717) is 6.42 Å². The summed E-state index contributed by atoms with van der Waals surface area (Å²) in [5.41, 5.74) is 6.75. The summed E-state index contributed by atoms with van der Waals surface area (Å²) in [6.07, 6.45) is 0.193. The summed E-state index contributed by atoms with van der Waals surface area (Å²) in [5, 5.41) is 11.5. The quantitative estimate of drug-likeness (QED) is 0.414. The molecule has 3 amide bonds. The average molecular weight is 358 g/mol. The molecule has 1 fully saturated rings. The maximum Gasteiger partial charge on any atom is 0.408 e. The zero-order valence-corrected chi connectivity index (χ0v) is 15.5. The van der Waals surface area contributed by atoms with E-state index in [1.165, 1.54) is 4.90 Å². The fraction of sp³-hybridized carbons (Fsp3) is 0.812. The fourth-order valence-electron chi connectivity index (χ4n) is 2.73. The number of amides is 3. The van der Waals surface area contributed by atoms with E-state index in [0.717, 1.165) is 0 Å². The number of carbonyl (C=O) groups excluding carboxylic acids is 3. The van der Waals surface area contributed by atoms with Gasteiger partial charge in [-0.2, -0.15) is 0 Å². The normalized spacial score (nSPS) is 22.9. The molecule has 0 saturated carbocycles. The van der Waals surface area contributed by atoms with E-state index >= 15 is 0 Å². The second-order valence-electron chi connectivity index (χ2n) is 7.49. The van der Waals surface area contributed by atoms with Gasteiger partial charge in [-0.25, -0.2) is 10.3 Å². The summed E-state index contributed by atoms with van der Waals surface area (Å²) >= 11 is 0. The van der Waals surface area contributed by atoms with E-state index < -0.39 is 35.6 Å². The number of carbonyl (C=O) groups is 3. The van der Waals surface area contributed by atoms with Crippen molar-refractivity contribution in [1.82, 2.24) is 15.7 Å². The van der Waals surface area contributed by atoms with Gasteiger partial charge in [0.2, 0.25) is 5.91 Å². The van der Waals surface area contributed by atoms with Crippen molar-refractivity contribution < 1.29 is 24.3 Å². The Balaban J connectivity index is 2.96. The average Bonchev–Trinajstić information content (AvgIpc) is 2.90. The minimum atomic E-state index is -0.862. The molecule has 25 heavy (non-hydrogen) atoms. The van der Waals surface area contributed by atoms with Crippen LogP contribution in [0.3, 0.4) is 0 Å². The van der Waals surface area contributed by atoms with Crippen molar-refractivity contribution in [3.8, 4) is 0 Å². The Bertz CT molecular complexity index is 505. The van der Waals surface area contributed by atoms with Gasteiger partial charge in [0.15, 0.2) is 0 Å². The molecule has 1 aliphatic rings. The van der Waals surface area contributed by atoms with Crippen LogP contribution in [0.4, 0.5) is 4.79 Å². The molecule has 4 atom stereocenters. The molecule has 0 aromatic carbocycles. The molecule has 0 unspecified atom stereocenters. The summed E-state index contributed by atoms with van der Waals surface area (Å²) in [6.45, 7) is 9.10. The highest BCUT2D eigenvalue weighted by Crippen LogP contribution is 2.21. The van der Waals surface area contributed by atoms with Crippen LogP contribution >= 0.6 is 0 Å². The first-order chi connectivity index (χ1) is 11.5. The van der Waals surface area contributed by atoms with Crippen LogP contribution in [-0.2, 0) is 14.3 Å². The number of alkyl carbamates (subject to hydrolysis) is 1. The fourth-order valence-corrected chi connectivity index (χ4v) is 2.73. The van der Waals surface area contributed by atoms with Crippen LogP contribution in [0.2, 0.25) is 0 Å². The lowest BCUT2D eigenvalue weighted by Gasteiger charge is -2.31. The third kappa shape index (κ3) is 5.86. The molecule has 9 heteroatoms. The molecule has 0 aromatic rings. The Morgan fingerprint density at radius 1 is 1.36 bits per heavy atom. The van der Waals surface area contributed by atoms with Crippen LogP contribution in [0.5, 0.6) is 0 Å². The number of rotatable bonds is 5. The van der Waals surface area contributed by atoms with Crippen molar-refractivity contribution in [1.29, 1.82) is 0 Å². The van der Waals surface area contributed by atoms with Gasteiger partial charge < -0.3 is 20.7 Å². The minimum absolute atomic E-state index is 0.172. The lowest BCUT2D eigenvalue weighted by atomic mass is 9.97. The lowest BCUT2D eigenvalue weighted by molar-refractivity contribution is -0.144. The molecule has 0 aromatic heterocycles. The molecule has 0 spiro atoms. The minimum Gasteiger partial charge on any atom is -0.444 e. The number of ether oxygens (including phenoxy) is 1. The Morgan fingerprint density at radius 3 is 2.44 bits per heavy atom. The Morgan fingerprint density at radius 2 is 1.96 bits per heavy atom. The summed E-state index contributed by atoms with van der Waals surface area (Å²) in [4.78, 5) is 38.2. The number of likely N-dealkylation sites (tertiary alicyclic amines) is 1. The highest BCUT2D eigenvalue weighted by Gasteiger charge is 2.42. The van der Waals surface area contributed by atoms with E-state index in [1.54, 1.807) is 26.3 Å². The van der Waals surface area contributed by atoms with Gasteiger partial charge in [-0.1, -0.05) is 20.3 Å². The van der Waals surface area contributed by atoms with Crippen molar-refractivity contribution in [2.75, 3.05) is 6.54 Å².